The van der Waals surface area contributed by atoms with E-state index in [0.29, 0.717) is 23.9 Å². The molecule has 2 atom stereocenters. The summed E-state index contributed by atoms with van der Waals surface area (Å²) in [5.74, 6) is 1.15. The fourth-order valence-electron chi connectivity index (χ4n) is 4.76. The van der Waals surface area contributed by atoms with Crippen LogP contribution in [0.5, 0.6) is 0 Å². The van der Waals surface area contributed by atoms with Gasteiger partial charge >= 0.3 is 0 Å². The fraction of sp³-hybridized carbons (Fsp3) is 0.941. The van der Waals surface area contributed by atoms with Crippen molar-refractivity contribution in [2.75, 3.05) is 19.6 Å². The van der Waals surface area contributed by atoms with Gasteiger partial charge in [-0.2, -0.15) is 0 Å². The molecular formula is C17H30N2O. The minimum absolute atomic E-state index is 0.461. The van der Waals surface area contributed by atoms with Crippen molar-refractivity contribution in [3.63, 3.8) is 0 Å². The van der Waals surface area contributed by atoms with Gasteiger partial charge in [-0.1, -0.05) is 19.8 Å². The van der Waals surface area contributed by atoms with Crippen LogP contribution in [0, 0.1) is 5.92 Å². The lowest BCUT2D eigenvalue weighted by molar-refractivity contribution is -0.134. The summed E-state index contributed by atoms with van der Waals surface area (Å²) in [6, 6.07) is 1.17. The van der Waals surface area contributed by atoms with E-state index in [0.717, 1.165) is 19.5 Å². The zero-order valence-electron chi connectivity index (χ0n) is 13.0. The Morgan fingerprint density at radius 2 is 1.65 bits per heavy atom. The maximum atomic E-state index is 12.7. The van der Waals surface area contributed by atoms with Gasteiger partial charge in [-0.3, -0.25) is 9.69 Å². The van der Waals surface area contributed by atoms with Gasteiger partial charge in [0.1, 0.15) is 0 Å². The van der Waals surface area contributed by atoms with Crippen molar-refractivity contribution in [3.8, 4) is 0 Å². The SMILES string of the molecule is CCN1CCC[C@@H]1[C@@H]1CCCN1C(=O)CC1CCCC1. The van der Waals surface area contributed by atoms with Crippen molar-refractivity contribution >= 4 is 5.91 Å². The third-order valence-electron chi connectivity index (χ3n) is 5.82. The Labute approximate surface area is 123 Å². The maximum Gasteiger partial charge on any atom is 0.223 e. The molecule has 3 heteroatoms. The molecule has 2 saturated heterocycles. The standard InChI is InChI=1S/C17H30N2O/c1-2-18-11-5-9-15(18)16-10-6-12-19(16)17(20)13-14-7-3-4-8-14/h14-16H,2-13H2,1H3/t15-,16+/m1/s1. The summed E-state index contributed by atoms with van der Waals surface area (Å²) in [4.78, 5) is 17.5. The summed E-state index contributed by atoms with van der Waals surface area (Å²) in [7, 11) is 0. The summed E-state index contributed by atoms with van der Waals surface area (Å²) >= 11 is 0. The van der Waals surface area contributed by atoms with Gasteiger partial charge < -0.3 is 4.90 Å². The first-order valence-corrected chi connectivity index (χ1v) is 8.83. The highest BCUT2D eigenvalue weighted by molar-refractivity contribution is 5.77. The molecule has 1 amide bonds. The van der Waals surface area contributed by atoms with E-state index in [9.17, 15) is 4.79 Å². The molecule has 20 heavy (non-hydrogen) atoms. The van der Waals surface area contributed by atoms with E-state index >= 15 is 0 Å². The van der Waals surface area contributed by atoms with Crippen LogP contribution >= 0.6 is 0 Å². The van der Waals surface area contributed by atoms with Gasteiger partial charge in [-0.25, -0.2) is 0 Å². The van der Waals surface area contributed by atoms with Crippen LogP contribution in [0.25, 0.3) is 0 Å². The summed E-state index contributed by atoms with van der Waals surface area (Å²) in [5.41, 5.74) is 0. The molecule has 0 unspecified atom stereocenters. The van der Waals surface area contributed by atoms with E-state index in [1.165, 1.54) is 57.9 Å². The molecule has 2 heterocycles. The highest BCUT2D eigenvalue weighted by atomic mass is 16.2. The zero-order chi connectivity index (χ0) is 13.9. The second-order valence-corrected chi connectivity index (χ2v) is 6.99. The van der Waals surface area contributed by atoms with Gasteiger partial charge in [0.25, 0.3) is 0 Å². The molecule has 3 aliphatic rings. The summed E-state index contributed by atoms with van der Waals surface area (Å²) in [6.45, 7) is 5.66. The number of nitrogens with zero attached hydrogens (tertiary/aromatic N) is 2. The summed E-state index contributed by atoms with van der Waals surface area (Å²) < 4.78 is 0. The molecule has 1 saturated carbocycles. The minimum Gasteiger partial charge on any atom is -0.338 e. The van der Waals surface area contributed by atoms with Crippen molar-refractivity contribution in [1.82, 2.24) is 9.80 Å². The molecule has 0 radical (unpaired) electrons. The molecule has 114 valence electrons. The number of carbonyl (C=O) groups excluding carboxylic acids is 1. The van der Waals surface area contributed by atoms with Crippen molar-refractivity contribution < 1.29 is 4.79 Å². The lowest BCUT2D eigenvalue weighted by Crippen LogP contribution is -2.48. The van der Waals surface area contributed by atoms with E-state index in [2.05, 4.69) is 16.7 Å². The van der Waals surface area contributed by atoms with Crippen LogP contribution in [0.1, 0.15) is 64.7 Å². The lowest BCUT2D eigenvalue weighted by atomic mass is 10.00. The Morgan fingerprint density at radius 1 is 0.950 bits per heavy atom. The van der Waals surface area contributed by atoms with Crippen LogP contribution in [-0.4, -0.2) is 47.4 Å². The van der Waals surface area contributed by atoms with Crippen molar-refractivity contribution in [2.24, 2.45) is 5.92 Å². The average molecular weight is 278 g/mol. The average Bonchev–Trinajstić information content (AvgIpc) is 3.18. The van der Waals surface area contributed by atoms with Crippen LogP contribution in [-0.2, 0) is 4.79 Å². The minimum atomic E-state index is 0.461. The smallest absolute Gasteiger partial charge is 0.223 e. The van der Waals surface area contributed by atoms with E-state index in [1.807, 2.05) is 0 Å². The van der Waals surface area contributed by atoms with Crippen molar-refractivity contribution in [2.45, 2.75) is 76.8 Å². The number of carbonyl (C=O) groups is 1. The highest BCUT2D eigenvalue weighted by Crippen LogP contribution is 2.33. The molecule has 3 rings (SSSR count). The van der Waals surface area contributed by atoms with Crippen molar-refractivity contribution in [1.29, 1.82) is 0 Å². The number of hydrogen-bond donors (Lipinski definition) is 0. The van der Waals surface area contributed by atoms with Crippen LogP contribution < -0.4 is 0 Å². The number of amides is 1. The van der Waals surface area contributed by atoms with Crippen LogP contribution in [0.4, 0.5) is 0 Å². The van der Waals surface area contributed by atoms with E-state index in [4.69, 9.17) is 0 Å². The maximum absolute atomic E-state index is 12.7. The zero-order valence-corrected chi connectivity index (χ0v) is 13.0. The first-order chi connectivity index (χ1) is 9.79. The predicted molar refractivity (Wildman–Crippen MR) is 81.6 cm³/mol. The summed E-state index contributed by atoms with van der Waals surface area (Å²) in [5, 5.41) is 0. The monoisotopic (exact) mass is 278 g/mol. The van der Waals surface area contributed by atoms with Crippen molar-refractivity contribution in [3.05, 3.63) is 0 Å². The molecular weight excluding hydrogens is 248 g/mol. The van der Waals surface area contributed by atoms with E-state index in [1.54, 1.807) is 0 Å². The topological polar surface area (TPSA) is 23.6 Å². The molecule has 0 aromatic carbocycles. The molecule has 2 aliphatic heterocycles. The normalized spacial score (nSPS) is 32.4. The molecule has 0 aromatic heterocycles. The summed E-state index contributed by atoms with van der Waals surface area (Å²) in [6.07, 6.45) is 11.2. The lowest BCUT2D eigenvalue weighted by Gasteiger charge is -2.35. The fourth-order valence-corrected chi connectivity index (χ4v) is 4.76. The predicted octanol–water partition coefficient (Wildman–Crippen LogP) is 3.04. The van der Waals surface area contributed by atoms with Gasteiger partial charge in [0.2, 0.25) is 5.91 Å². The quantitative estimate of drug-likeness (QED) is 0.789. The largest absolute Gasteiger partial charge is 0.338 e. The van der Waals surface area contributed by atoms with Gasteiger partial charge in [-0.15, -0.1) is 0 Å². The van der Waals surface area contributed by atoms with Gasteiger partial charge in [0, 0.05) is 25.0 Å². The Hall–Kier alpha value is -0.570. The second kappa shape index (κ2) is 6.46. The Morgan fingerprint density at radius 3 is 2.40 bits per heavy atom. The Bertz CT molecular complexity index is 338. The molecule has 0 bridgehead atoms. The van der Waals surface area contributed by atoms with E-state index < -0.39 is 0 Å². The first kappa shape index (κ1) is 14.4. The molecule has 0 N–H and O–H groups in total. The number of likely N-dealkylation sites (tertiary alicyclic amines) is 2. The molecule has 0 aromatic rings. The van der Waals surface area contributed by atoms with Gasteiger partial charge in [0.15, 0.2) is 0 Å². The number of hydrogen-bond acceptors (Lipinski definition) is 2. The molecule has 3 fully saturated rings. The third-order valence-corrected chi connectivity index (χ3v) is 5.82. The first-order valence-electron chi connectivity index (χ1n) is 8.83. The van der Waals surface area contributed by atoms with E-state index in [-0.39, 0.29) is 0 Å². The van der Waals surface area contributed by atoms with Gasteiger partial charge in [-0.05, 0) is 57.5 Å². The van der Waals surface area contributed by atoms with Crippen LogP contribution in [0.3, 0.4) is 0 Å². The Kier molecular flexibility index (Phi) is 4.65. The molecule has 1 aliphatic carbocycles. The third kappa shape index (κ3) is 2.88. The van der Waals surface area contributed by atoms with Gasteiger partial charge in [0.05, 0.1) is 0 Å². The Balaban J connectivity index is 1.61. The van der Waals surface area contributed by atoms with Crippen LogP contribution in [0.15, 0.2) is 0 Å². The number of likely N-dealkylation sites (N-methyl/N-ethyl adjacent to an activating group) is 1. The highest BCUT2D eigenvalue weighted by Gasteiger charge is 2.39. The van der Waals surface area contributed by atoms with Crippen LogP contribution in [0.2, 0.25) is 0 Å². The molecule has 3 nitrogen and oxygen atoms in total. The number of rotatable bonds is 4. The second-order valence-electron chi connectivity index (χ2n) is 6.99. The molecule has 0 spiro atoms.